The van der Waals surface area contributed by atoms with E-state index in [0.29, 0.717) is 6.42 Å². The Kier molecular flexibility index (Phi) is 9.24. The maximum Gasteiger partial charge on any atom is 0.184 e. The molecule has 0 fully saturated rings. The molecule has 0 spiro atoms. The molecule has 0 bridgehead atoms. The van der Waals surface area contributed by atoms with Gasteiger partial charge in [0, 0.05) is 5.56 Å². The lowest BCUT2D eigenvalue weighted by Crippen LogP contribution is -2.34. The van der Waals surface area contributed by atoms with E-state index in [1.165, 1.54) is 6.08 Å². The molecule has 1 heterocycles. The van der Waals surface area contributed by atoms with Gasteiger partial charge in [0.1, 0.15) is 23.2 Å². The molecule has 2 unspecified atom stereocenters. The van der Waals surface area contributed by atoms with E-state index < -0.39 is 11.7 Å². The summed E-state index contributed by atoms with van der Waals surface area (Å²) in [4.78, 5) is 24.7. The summed E-state index contributed by atoms with van der Waals surface area (Å²) < 4.78 is 11.6. The van der Waals surface area contributed by atoms with Crippen LogP contribution in [0.1, 0.15) is 71.4 Å². The lowest BCUT2D eigenvalue weighted by atomic mass is 9.91. The van der Waals surface area contributed by atoms with Gasteiger partial charge in [-0.2, -0.15) is 0 Å². The van der Waals surface area contributed by atoms with Crippen LogP contribution in [0.25, 0.3) is 6.08 Å². The summed E-state index contributed by atoms with van der Waals surface area (Å²) in [6, 6.07) is 3.85. The Morgan fingerprint density at radius 2 is 1.91 bits per heavy atom. The van der Waals surface area contributed by atoms with Gasteiger partial charge in [0.25, 0.3) is 0 Å². The van der Waals surface area contributed by atoms with E-state index in [1.54, 1.807) is 13.2 Å². The number of carbonyl (C=O) groups excluding carboxylic acids is 2. The average Bonchev–Trinajstić information content (AvgIpc) is 2.72. The molecule has 180 valence electrons. The number of hydrogen-bond acceptors (Lipinski definition) is 5. The predicted molar refractivity (Wildman–Crippen MR) is 133 cm³/mol. The van der Waals surface area contributed by atoms with E-state index in [2.05, 4.69) is 0 Å². The molecule has 0 saturated heterocycles. The number of fused-ring (bicyclic) bond motifs is 1. The Bertz CT molecular complexity index is 965. The van der Waals surface area contributed by atoms with Gasteiger partial charge >= 0.3 is 0 Å². The number of aliphatic hydroxyl groups is 1. The molecule has 0 radical (unpaired) electrons. The second-order valence-electron chi connectivity index (χ2n) is 9.68. The van der Waals surface area contributed by atoms with Crippen molar-refractivity contribution in [3.8, 4) is 11.5 Å². The van der Waals surface area contributed by atoms with Crippen molar-refractivity contribution in [3.05, 3.63) is 52.6 Å². The Morgan fingerprint density at radius 3 is 2.55 bits per heavy atom. The third-order valence-electron chi connectivity index (χ3n) is 5.89. The maximum absolute atomic E-state index is 12.7. The molecule has 1 aliphatic heterocycles. The van der Waals surface area contributed by atoms with Gasteiger partial charge in [0.15, 0.2) is 11.6 Å². The zero-order chi connectivity index (χ0) is 24.8. The van der Waals surface area contributed by atoms with Crippen molar-refractivity contribution in [3.63, 3.8) is 0 Å². The van der Waals surface area contributed by atoms with Gasteiger partial charge in [0.05, 0.1) is 13.5 Å². The summed E-state index contributed by atoms with van der Waals surface area (Å²) in [5.74, 6) is 1.21. The molecular weight excluding hydrogens is 416 g/mol. The largest absolute Gasteiger partial charge is 0.497 e. The van der Waals surface area contributed by atoms with Crippen molar-refractivity contribution in [2.75, 3.05) is 7.11 Å². The molecule has 5 nitrogen and oxygen atoms in total. The van der Waals surface area contributed by atoms with E-state index in [0.717, 1.165) is 46.6 Å². The van der Waals surface area contributed by atoms with Crippen LogP contribution in [-0.4, -0.2) is 35.5 Å². The fourth-order valence-electron chi connectivity index (χ4n) is 4.03. The fourth-order valence-corrected chi connectivity index (χ4v) is 4.03. The zero-order valence-corrected chi connectivity index (χ0v) is 21.0. The lowest BCUT2D eigenvalue weighted by molar-refractivity contribution is -0.124. The first-order valence-electron chi connectivity index (χ1n) is 11.6. The Labute approximate surface area is 198 Å². The summed E-state index contributed by atoms with van der Waals surface area (Å²) in [6.07, 6.45) is 8.63. The minimum absolute atomic E-state index is 0.0149. The topological polar surface area (TPSA) is 72.8 Å². The Morgan fingerprint density at radius 1 is 1.21 bits per heavy atom. The third kappa shape index (κ3) is 7.71. The second kappa shape index (κ2) is 11.5. The SMILES string of the molecule is COc1cc(C)c2c(c1)C=CC(C)(CC(=O)/C=C(\C)CCCC(C)[C@@H](O)C(=O)C=C(C)C)O2. The number of benzene rings is 1. The molecule has 5 heteroatoms. The van der Waals surface area contributed by atoms with Crippen LogP contribution in [0.2, 0.25) is 0 Å². The fraction of sp³-hybridized carbons (Fsp3) is 0.500. The quantitative estimate of drug-likeness (QED) is 0.429. The molecule has 0 saturated carbocycles. The van der Waals surface area contributed by atoms with E-state index in [9.17, 15) is 14.7 Å². The van der Waals surface area contributed by atoms with E-state index in [4.69, 9.17) is 9.47 Å². The number of rotatable bonds is 11. The molecule has 0 amide bonds. The van der Waals surface area contributed by atoms with Crippen LogP contribution in [0.4, 0.5) is 0 Å². The molecular formula is C28H38O5. The highest BCUT2D eigenvalue weighted by molar-refractivity contribution is 5.94. The number of hydrogen-bond donors (Lipinski definition) is 1. The highest BCUT2D eigenvalue weighted by Crippen LogP contribution is 2.38. The van der Waals surface area contributed by atoms with Gasteiger partial charge in [-0.05, 0) is 95.7 Å². The van der Waals surface area contributed by atoms with Crippen LogP contribution in [-0.2, 0) is 9.59 Å². The third-order valence-corrected chi connectivity index (χ3v) is 5.89. The molecule has 3 atom stereocenters. The van der Waals surface area contributed by atoms with Crippen molar-refractivity contribution >= 4 is 17.6 Å². The van der Waals surface area contributed by atoms with Crippen LogP contribution in [0.3, 0.4) is 0 Å². The molecule has 1 aliphatic rings. The Hall–Kier alpha value is -2.66. The molecule has 1 aromatic rings. The van der Waals surface area contributed by atoms with Gasteiger partial charge < -0.3 is 14.6 Å². The van der Waals surface area contributed by atoms with Gasteiger partial charge in [-0.1, -0.05) is 24.1 Å². The number of methoxy groups -OCH3 is 1. The first-order valence-corrected chi connectivity index (χ1v) is 11.6. The highest BCUT2D eigenvalue weighted by Gasteiger charge is 2.31. The summed E-state index contributed by atoms with van der Waals surface area (Å²) in [7, 11) is 1.64. The van der Waals surface area contributed by atoms with Gasteiger partial charge in [-0.15, -0.1) is 0 Å². The zero-order valence-electron chi connectivity index (χ0n) is 21.0. The number of ketones is 2. The van der Waals surface area contributed by atoms with Gasteiger partial charge in [0.2, 0.25) is 0 Å². The number of carbonyl (C=O) groups is 2. The minimum atomic E-state index is -0.979. The lowest BCUT2D eigenvalue weighted by Gasteiger charge is -2.32. The Balaban J connectivity index is 1.90. The van der Waals surface area contributed by atoms with Crippen molar-refractivity contribution in [2.45, 2.75) is 78.9 Å². The first-order chi connectivity index (χ1) is 15.4. The van der Waals surface area contributed by atoms with Gasteiger partial charge in [-0.3, -0.25) is 9.59 Å². The van der Waals surface area contributed by atoms with Crippen LogP contribution in [0.5, 0.6) is 11.5 Å². The number of allylic oxidation sites excluding steroid dienone is 3. The number of ether oxygens (including phenoxy) is 2. The molecule has 1 aromatic carbocycles. The number of aliphatic hydroxyl groups excluding tert-OH is 1. The maximum atomic E-state index is 12.7. The monoisotopic (exact) mass is 454 g/mol. The summed E-state index contributed by atoms with van der Waals surface area (Å²) in [5, 5.41) is 10.2. The average molecular weight is 455 g/mol. The molecule has 33 heavy (non-hydrogen) atoms. The van der Waals surface area contributed by atoms with E-state index in [1.807, 2.05) is 65.8 Å². The van der Waals surface area contributed by atoms with Crippen molar-refractivity contribution in [2.24, 2.45) is 5.92 Å². The second-order valence-corrected chi connectivity index (χ2v) is 9.68. The standard InChI is InChI=1S/C28H38O5/c1-18(2)13-25(30)26(31)20(4)10-8-9-19(3)14-23(29)17-28(6)12-11-22-16-24(32-7)15-21(5)27(22)33-28/h11-16,20,26,31H,8-10,17H2,1-7H3/b19-14+/t20?,26-,28?/m1/s1. The summed E-state index contributed by atoms with van der Waals surface area (Å²) >= 11 is 0. The smallest absolute Gasteiger partial charge is 0.184 e. The summed E-state index contributed by atoms with van der Waals surface area (Å²) in [6.45, 7) is 11.4. The van der Waals surface area contributed by atoms with E-state index >= 15 is 0 Å². The molecule has 0 aromatic heterocycles. The molecule has 1 N–H and O–H groups in total. The molecule has 0 aliphatic carbocycles. The van der Waals surface area contributed by atoms with Crippen molar-refractivity contribution in [1.29, 1.82) is 0 Å². The van der Waals surface area contributed by atoms with Crippen molar-refractivity contribution < 1.29 is 24.2 Å². The minimum Gasteiger partial charge on any atom is -0.497 e. The highest BCUT2D eigenvalue weighted by atomic mass is 16.5. The number of aryl methyl sites for hydroxylation is 1. The summed E-state index contributed by atoms with van der Waals surface area (Å²) in [5.41, 5.74) is 3.08. The first kappa shape index (κ1) is 26.6. The van der Waals surface area contributed by atoms with Crippen LogP contribution in [0.15, 0.2) is 41.5 Å². The van der Waals surface area contributed by atoms with Crippen LogP contribution >= 0.6 is 0 Å². The van der Waals surface area contributed by atoms with E-state index in [-0.39, 0.29) is 23.9 Å². The predicted octanol–water partition coefficient (Wildman–Crippen LogP) is 5.78. The van der Waals surface area contributed by atoms with Crippen LogP contribution in [0, 0.1) is 12.8 Å². The molecule has 2 rings (SSSR count). The van der Waals surface area contributed by atoms with Crippen LogP contribution < -0.4 is 9.47 Å². The normalized spacial score (nSPS) is 19.2. The van der Waals surface area contributed by atoms with Gasteiger partial charge in [-0.25, -0.2) is 0 Å². The van der Waals surface area contributed by atoms with Crippen molar-refractivity contribution in [1.82, 2.24) is 0 Å².